The molecule has 1 heterocycles. The molecule has 1 aromatic rings. The van der Waals surface area contributed by atoms with Crippen LogP contribution in [-0.4, -0.2) is 38.4 Å². The third kappa shape index (κ3) is 5.98. The zero-order valence-electron chi connectivity index (χ0n) is 25.0. The lowest BCUT2D eigenvalue weighted by Crippen LogP contribution is -2.45. The standard InChI is InChI=1S/C32H49NO4/c1-19(2)32(20(3)4)13-12-24(16-27(32)36-15-14-35-11)26-17-25-23(7)29(21(5)22(6)30(25)37-26)33-28(34)18-31(8,9)10/h12-13,16,19-20,26-27H,14-15,17-18H2,1-11H3,(H,33,34). The molecule has 1 aromatic carbocycles. The summed E-state index contributed by atoms with van der Waals surface area (Å²) in [5.41, 5.74) is 6.41. The molecule has 1 aliphatic carbocycles. The second-order valence-corrected chi connectivity index (χ2v) is 12.7. The van der Waals surface area contributed by atoms with Crippen LogP contribution in [0.2, 0.25) is 0 Å². The third-order valence-electron chi connectivity index (χ3n) is 8.34. The Labute approximate surface area is 225 Å². The van der Waals surface area contributed by atoms with E-state index in [2.05, 4.69) is 92.8 Å². The van der Waals surface area contributed by atoms with Crippen LogP contribution >= 0.6 is 0 Å². The lowest BCUT2D eigenvalue weighted by Gasteiger charge is -2.46. The van der Waals surface area contributed by atoms with Crippen molar-refractivity contribution < 1.29 is 19.0 Å². The number of ether oxygens (including phenoxy) is 3. The van der Waals surface area contributed by atoms with Crippen molar-refractivity contribution in [1.29, 1.82) is 0 Å². The van der Waals surface area contributed by atoms with Crippen molar-refractivity contribution in [2.75, 3.05) is 25.6 Å². The summed E-state index contributed by atoms with van der Waals surface area (Å²) in [5.74, 6) is 1.86. The lowest BCUT2D eigenvalue weighted by atomic mass is 9.62. The van der Waals surface area contributed by atoms with Gasteiger partial charge in [-0.15, -0.1) is 0 Å². The largest absolute Gasteiger partial charge is 0.485 e. The van der Waals surface area contributed by atoms with Gasteiger partial charge in [-0.1, -0.05) is 60.6 Å². The van der Waals surface area contributed by atoms with Crippen molar-refractivity contribution in [2.45, 2.75) is 94.3 Å². The van der Waals surface area contributed by atoms with Gasteiger partial charge in [-0.2, -0.15) is 0 Å². The van der Waals surface area contributed by atoms with E-state index in [-0.39, 0.29) is 28.9 Å². The van der Waals surface area contributed by atoms with Gasteiger partial charge in [0.1, 0.15) is 11.9 Å². The Hall–Kier alpha value is -2.11. The molecule has 0 aromatic heterocycles. The van der Waals surface area contributed by atoms with E-state index in [0.717, 1.165) is 40.1 Å². The van der Waals surface area contributed by atoms with Crippen molar-refractivity contribution in [1.82, 2.24) is 0 Å². The summed E-state index contributed by atoms with van der Waals surface area (Å²) in [4.78, 5) is 12.8. The van der Waals surface area contributed by atoms with E-state index < -0.39 is 0 Å². The summed E-state index contributed by atoms with van der Waals surface area (Å²) in [6, 6.07) is 0. The number of rotatable bonds is 9. The molecule has 2 atom stereocenters. The molecule has 0 radical (unpaired) electrons. The van der Waals surface area contributed by atoms with E-state index >= 15 is 0 Å². The van der Waals surface area contributed by atoms with Crippen molar-refractivity contribution in [2.24, 2.45) is 22.7 Å². The van der Waals surface area contributed by atoms with Crippen LogP contribution in [-0.2, 0) is 20.7 Å². The fourth-order valence-electron chi connectivity index (χ4n) is 6.08. The first-order chi connectivity index (χ1) is 17.2. The van der Waals surface area contributed by atoms with Gasteiger partial charge >= 0.3 is 0 Å². The monoisotopic (exact) mass is 511 g/mol. The second-order valence-electron chi connectivity index (χ2n) is 12.7. The predicted octanol–water partition coefficient (Wildman–Crippen LogP) is 7.12. The first kappa shape index (κ1) is 29.4. The summed E-state index contributed by atoms with van der Waals surface area (Å²) < 4.78 is 18.3. The van der Waals surface area contributed by atoms with E-state index in [1.165, 1.54) is 5.56 Å². The van der Waals surface area contributed by atoms with Gasteiger partial charge in [0.2, 0.25) is 5.91 Å². The Morgan fingerprint density at radius 1 is 1.08 bits per heavy atom. The fourth-order valence-corrected chi connectivity index (χ4v) is 6.08. The van der Waals surface area contributed by atoms with Gasteiger partial charge in [-0.3, -0.25) is 4.79 Å². The molecule has 0 saturated heterocycles. The van der Waals surface area contributed by atoms with Crippen LogP contribution in [0.1, 0.15) is 77.1 Å². The van der Waals surface area contributed by atoms with Crippen LogP contribution in [0.3, 0.4) is 0 Å². The Morgan fingerprint density at radius 2 is 1.73 bits per heavy atom. The molecule has 0 saturated carbocycles. The van der Waals surface area contributed by atoms with Gasteiger partial charge in [0.05, 0.1) is 19.3 Å². The molecule has 2 aliphatic rings. The number of benzene rings is 1. The molecule has 206 valence electrons. The molecule has 0 bridgehead atoms. The van der Waals surface area contributed by atoms with Gasteiger partial charge < -0.3 is 19.5 Å². The first-order valence-corrected chi connectivity index (χ1v) is 13.8. The van der Waals surface area contributed by atoms with E-state index in [1.54, 1.807) is 7.11 Å². The Morgan fingerprint density at radius 3 is 2.30 bits per heavy atom. The number of carbonyl (C=O) groups excluding carboxylic acids is 1. The van der Waals surface area contributed by atoms with E-state index in [9.17, 15) is 4.79 Å². The average Bonchev–Trinajstić information content (AvgIpc) is 3.25. The molecule has 5 nitrogen and oxygen atoms in total. The van der Waals surface area contributed by atoms with Crippen LogP contribution in [0.25, 0.3) is 0 Å². The predicted molar refractivity (Wildman–Crippen MR) is 152 cm³/mol. The number of hydrogen-bond acceptors (Lipinski definition) is 4. The Bertz CT molecular complexity index is 1050. The number of carbonyl (C=O) groups is 1. The van der Waals surface area contributed by atoms with Crippen molar-refractivity contribution in [3.05, 3.63) is 46.1 Å². The number of nitrogens with one attached hydrogen (secondary N) is 1. The quantitative estimate of drug-likeness (QED) is 0.359. The first-order valence-electron chi connectivity index (χ1n) is 13.8. The van der Waals surface area contributed by atoms with Gasteiger partial charge in [0.25, 0.3) is 0 Å². The molecular weight excluding hydrogens is 462 g/mol. The number of fused-ring (bicyclic) bond motifs is 1. The van der Waals surface area contributed by atoms with Crippen LogP contribution in [0, 0.1) is 43.4 Å². The van der Waals surface area contributed by atoms with E-state index in [1.807, 2.05) is 0 Å². The van der Waals surface area contributed by atoms with Gasteiger partial charge in [-0.05, 0) is 66.4 Å². The highest BCUT2D eigenvalue weighted by atomic mass is 16.5. The highest BCUT2D eigenvalue weighted by Gasteiger charge is 2.45. The maximum Gasteiger partial charge on any atom is 0.224 e. The van der Waals surface area contributed by atoms with Crippen LogP contribution in [0.15, 0.2) is 23.8 Å². The van der Waals surface area contributed by atoms with Crippen molar-refractivity contribution >= 4 is 11.6 Å². The number of hydrogen-bond donors (Lipinski definition) is 1. The van der Waals surface area contributed by atoms with Crippen molar-refractivity contribution in [3.8, 4) is 5.75 Å². The van der Waals surface area contributed by atoms with Crippen LogP contribution in [0.5, 0.6) is 5.75 Å². The topological polar surface area (TPSA) is 56.8 Å². The summed E-state index contributed by atoms with van der Waals surface area (Å²) in [6.45, 7) is 22.8. The fraction of sp³-hybridized carbons (Fsp3) is 0.656. The van der Waals surface area contributed by atoms with Crippen molar-refractivity contribution in [3.63, 3.8) is 0 Å². The third-order valence-corrected chi connectivity index (χ3v) is 8.34. The maximum atomic E-state index is 12.8. The minimum Gasteiger partial charge on any atom is -0.485 e. The normalized spacial score (nSPS) is 20.7. The Balaban J connectivity index is 1.92. The molecule has 0 spiro atoms. The van der Waals surface area contributed by atoms with Crippen LogP contribution in [0.4, 0.5) is 5.69 Å². The molecule has 1 amide bonds. The minimum absolute atomic E-state index is 0.0499. The number of methoxy groups -OCH3 is 1. The molecule has 1 N–H and O–H groups in total. The Kier molecular flexibility index (Phi) is 9.01. The summed E-state index contributed by atoms with van der Waals surface area (Å²) in [7, 11) is 1.71. The van der Waals surface area contributed by atoms with Crippen LogP contribution < -0.4 is 10.1 Å². The number of anilines is 1. The second kappa shape index (κ2) is 11.3. The summed E-state index contributed by atoms with van der Waals surface area (Å²) in [6.07, 6.45) is 8.05. The molecular formula is C32H49NO4. The molecule has 5 heteroatoms. The molecule has 2 unspecified atom stereocenters. The van der Waals surface area contributed by atoms with Gasteiger partial charge in [-0.25, -0.2) is 0 Å². The molecule has 37 heavy (non-hydrogen) atoms. The average molecular weight is 512 g/mol. The molecule has 1 aliphatic heterocycles. The summed E-state index contributed by atoms with van der Waals surface area (Å²) >= 11 is 0. The maximum absolute atomic E-state index is 12.8. The summed E-state index contributed by atoms with van der Waals surface area (Å²) in [5, 5.41) is 3.22. The lowest BCUT2D eigenvalue weighted by molar-refractivity contribution is -0.117. The SMILES string of the molecule is COCCOC1C=C(C2Cc3c(C)c(NC(=O)CC(C)(C)C)c(C)c(C)c3O2)C=CC1(C(C)C)C(C)C. The highest BCUT2D eigenvalue weighted by molar-refractivity contribution is 5.93. The number of amides is 1. The van der Waals surface area contributed by atoms with E-state index in [0.29, 0.717) is 31.5 Å². The zero-order chi connectivity index (χ0) is 27.7. The smallest absolute Gasteiger partial charge is 0.224 e. The van der Waals surface area contributed by atoms with E-state index in [4.69, 9.17) is 14.2 Å². The van der Waals surface area contributed by atoms with Gasteiger partial charge in [0, 0.05) is 36.6 Å². The molecule has 0 fully saturated rings. The zero-order valence-corrected chi connectivity index (χ0v) is 25.0. The minimum atomic E-state index is -0.0877. The molecule has 3 rings (SSSR count). The van der Waals surface area contributed by atoms with Gasteiger partial charge in [0.15, 0.2) is 0 Å². The highest BCUT2D eigenvalue weighted by Crippen LogP contribution is 2.48.